The fourth-order valence-electron chi connectivity index (χ4n) is 2.29. The average Bonchev–Trinajstić information content (AvgIpc) is 2.60. The van der Waals surface area contributed by atoms with Gasteiger partial charge in [-0.15, -0.1) is 0 Å². The largest absolute Gasteiger partial charge is 0.362 e. The van der Waals surface area contributed by atoms with Gasteiger partial charge in [-0.25, -0.2) is 17.8 Å². The second-order valence-electron chi connectivity index (χ2n) is 5.87. The zero-order valence-electron chi connectivity index (χ0n) is 14.8. The van der Waals surface area contributed by atoms with Gasteiger partial charge in [-0.1, -0.05) is 6.07 Å². The maximum absolute atomic E-state index is 13.0. The highest BCUT2D eigenvalue weighted by Gasteiger charge is 2.23. The van der Waals surface area contributed by atoms with E-state index >= 15 is 0 Å². The maximum atomic E-state index is 13.0. The molecule has 1 aromatic heterocycles. The Balaban J connectivity index is 2.00. The van der Waals surface area contributed by atoms with Crippen molar-refractivity contribution in [2.24, 2.45) is 0 Å². The summed E-state index contributed by atoms with van der Waals surface area (Å²) in [5.41, 5.74) is 0.815. The SMILES string of the molecule is CN(C)c1ncccc1CNC(=O)CN(C)S(=O)(=O)c1ccc(F)cc1. The third kappa shape index (κ3) is 4.77. The van der Waals surface area contributed by atoms with Crippen LogP contribution in [0.3, 0.4) is 0 Å². The highest BCUT2D eigenvalue weighted by Crippen LogP contribution is 2.15. The lowest BCUT2D eigenvalue weighted by Gasteiger charge is -2.18. The van der Waals surface area contributed by atoms with E-state index in [-0.39, 0.29) is 18.0 Å². The zero-order chi connectivity index (χ0) is 19.3. The summed E-state index contributed by atoms with van der Waals surface area (Å²) in [5.74, 6) is -0.260. The van der Waals surface area contributed by atoms with Gasteiger partial charge >= 0.3 is 0 Å². The summed E-state index contributed by atoms with van der Waals surface area (Å²) in [6, 6.07) is 8.05. The summed E-state index contributed by atoms with van der Waals surface area (Å²) in [6.07, 6.45) is 1.66. The molecule has 26 heavy (non-hydrogen) atoms. The molecular weight excluding hydrogens is 359 g/mol. The molecule has 2 rings (SSSR count). The van der Waals surface area contributed by atoms with Gasteiger partial charge in [0, 0.05) is 39.4 Å². The summed E-state index contributed by atoms with van der Waals surface area (Å²) in [7, 11) is 1.12. The molecule has 0 aliphatic heterocycles. The van der Waals surface area contributed by atoms with Crippen LogP contribution < -0.4 is 10.2 Å². The van der Waals surface area contributed by atoms with E-state index in [4.69, 9.17) is 0 Å². The summed E-state index contributed by atoms with van der Waals surface area (Å²) < 4.78 is 38.7. The number of hydrogen-bond donors (Lipinski definition) is 1. The van der Waals surface area contributed by atoms with Gasteiger partial charge in [0.05, 0.1) is 11.4 Å². The second kappa shape index (κ2) is 8.24. The Morgan fingerprint density at radius 3 is 2.42 bits per heavy atom. The first-order valence-corrected chi connectivity index (χ1v) is 9.25. The van der Waals surface area contributed by atoms with Gasteiger partial charge in [0.15, 0.2) is 0 Å². The number of aromatic nitrogens is 1. The average molecular weight is 380 g/mol. The minimum atomic E-state index is -3.87. The Labute approximate surface area is 152 Å². The highest BCUT2D eigenvalue weighted by atomic mass is 32.2. The molecule has 0 radical (unpaired) electrons. The van der Waals surface area contributed by atoms with E-state index in [0.717, 1.165) is 40.0 Å². The molecule has 0 fully saturated rings. The second-order valence-corrected chi connectivity index (χ2v) is 7.92. The first kappa shape index (κ1) is 19.8. The predicted octanol–water partition coefficient (Wildman–Crippen LogP) is 1.22. The molecule has 0 saturated heterocycles. The van der Waals surface area contributed by atoms with E-state index in [1.54, 1.807) is 12.3 Å². The van der Waals surface area contributed by atoms with Crippen LogP contribution in [0.5, 0.6) is 0 Å². The molecule has 0 bridgehead atoms. The molecule has 0 aliphatic carbocycles. The predicted molar refractivity (Wildman–Crippen MR) is 96.6 cm³/mol. The van der Waals surface area contributed by atoms with Crippen molar-refractivity contribution in [3.8, 4) is 0 Å². The number of pyridine rings is 1. The summed E-state index contributed by atoms with van der Waals surface area (Å²) >= 11 is 0. The molecule has 0 spiro atoms. The van der Waals surface area contributed by atoms with Gasteiger partial charge < -0.3 is 10.2 Å². The molecule has 0 saturated carbocycles. The van der Waals surface area contributed by atoms with Crippen LogP contribution in [-0.4, -0.2) is 51.3 Å². The van der Waals surface area contributed by atoms with Crippen LogP contribution in [0.25, 0.3) is 0 Å². The number of carbonyl (C=O) groups excluding carboxylic acids is 1. The molecule has 7 nitrogen and oxygen atoms in total. The summed E-state index contributed by atoms with van der Waals surface area (Å²) in [6.45, 7) is -0.123. The molecule has 0 atom stereocenters. The Morgan fingerprint density at radius 1 is 1.15 bits per heavy atom. The number of anilines is 1. The molecule has 2 aromatic rings. The number of likely N-dealkylation sites (N-methyl/N-ethyl adjacent to an activating group) is 1. The molecule has 140 valence electrons. The van der Waals surface area contributed by atoms with Gasteiger partial charge in [0.25, 0.3) is 0 Å². The van der Waals surface area contributed by atoms with Crippen molar-refractivity contribution in [2.45, 2.75) is 11.4 Å². The standard InChI is InChI=1S/C17H21FN4O3S/c1-21(2)17-13(5-4-10-19-17)11-20-16(23)12-22(3)26(24,25)15-8-6-14(18)7-9-15/h4-10H,11-12H2,1-3H3,(H,20,23). The molecule has 0 unspecified atom stereocenters. The lowest BCUT2D eigenvalue weighted by atomic mass is 10.2. The van der Waals surface area contributed by atoms with Crippen LogP contribution >= 0.6 is 0 Å². The molecule has 1 amide bonds. The Morgan fingerprint density at radius 2 is 1.81 bits per heavy atom. The zero-order valence-corrected chi connectivity index (χ0v) is 15.6. The molecule has 1 aromatic carbocycles. The van der Waals surface area contributed by atoms with E-state index in [1.165, 1.54) is 7.05 Å². The normalized spacial score (nSPS) is 11.4. The number of sulfonamides is 1. The summed E-state index contributed by atoms with van der Waals surface area (Å²) in [4.78, 5) is 18.1. The van der Waals surface area contributed by atoms with E-state index in [1.807, 2.05) is 25.1 Å². The Bertz CT molecular complexity index is 870. The van der Waals surface area contributed by atoms with E-state index < -0.39 is 21.7 Å². The number of carbonyl (C=O) groups is 1. The van der Waals surface area contributed by atoms with Crippen molar-refractivity contribution < 1.29 is 17.6 Å². The Kier molecular flexibility index (Phi) is 6.27. The van der Waals surface area contributed by atoms with Crippen LogP contribution in [0.4, 0.5) is 10.2 Å². The lowest BCUT2D eigenvalue weighted by molar-refractivity contribution is -0.121. The third-order valence-corrected chi connectivity index (χ3v) is 5.47. The van der Waals surface area contributed by atoms with Crippen molar-refractivity contribution in [3.05, 3.63) is 54.0 Å². The molecule has 1 N–H and O–H groups in total. The minimum absolute atomic E-state index is 0.0728. The van der Waals surface area contributed by atoms with Crippen LogP contribution in [0.2, 0.25) is 0 Å². The smallest absolute Gasteiger partial charge is 0.243 e. The number of amides is 1. The molecule has 9 heteroatoms. The topological polar surface area (TPSA) is 82.6 Å². The van der Waals surface area contributed by atoms with Crippen LogP contribution in [0.15, 0.2) is 47.5 Å². The maximum Gasteiger partial charge on any atom is 0.243 e. The quantitative estimate of drug-likeness (QED) is 0.781. The highest BCUT2D eigenvalue weighted by molar-refractivity contribution is 7.89. The van der Waals surface area contributed by atoms with Gasteiger partial charge in [-0.2, -0.15) is 4.31 Å². The van der Waals surface area contributed by atoms with Crippen LogP contribution in [0.1, 0.15) is 5.56 Å². The molecule has 0 aliphatic rings. The van der Waals surface area contributed by atoms with Crippen molar-refractivity contribution in [1.82, 2.24) is 14.6 Å². The number of halogens is 1. The summed E-state index contributed by atoms with van der Waals surface area (Å²) in [5, 5.41) is 2.69. The number of benzene rings is 1. The van der Waals surface area contributed by atoms with Crippen molar-refractivity contribution in [3.63, 3.8) is 0 Å². The van der Waals surface area contributed by atoms with Crippen molar-refractivity contribution >= 4 is 21.7 Å². The first-order chi connectivity index (χ1) is 12.2. The molecular formula is C17H21FN4O3S. The van der Waals surface area contributed by atoms with Gasteiger partial charge in [0.1, 0.15) is 11.6 Å². The fourth-order valence-corrected chi connectivity index (χ4v) is 3.42. The van der Waals surface area contributed by atoms with Gasteiger partial charge in [-0.3, -0.25) is 4.79 Å². The Hall–Kier alpha value is -2.52. The van der Waals surface area contributed by atoms with Crippen LogP contribution in [-0.2, 0) is 21.4 Å². The van der Waals surface area contributed by atoms with Crippen molar-refractivity contribution in [2.75, 3.05) is 32.6 Å². The number of nitrogens with one attached hydrogen (secondary N) is 1. The number of rotatable bonds is 7. The van der Waals surface area contributed by atoms with Gasteiger partial charge in [0.2, 0.25) is 15.9 Å². The lowest BCUT2D eigenvalue weighted by Crippen LogP contribution is -2.38. The van der Waals surface area contributed by atoms with E-state index in [0.29, 0.717) is 0 Å². The molecule has 1 heterocycles. The van der Waals surface area contributed by atoms with Crippen LogP contribution in [0, 0.1) is 5.82 Å². The monoisotopic (exact) mass is 380 g/mol. The van der Waals surface area contributed by atoms with Crippen molar-refractivity contribution in [1.29, 1.82) is 0 Å². The van der Waals surface area contributed by atoms with E-state index in [2.05, 4.69) is 10.3 Å². The van der Waals surface area contributed by atoms with E-state index in [9.17, 15) is 17.6 Å². The third-order valence-electron chi connectivity index (χ3n) is 3.66. The number of nitrogens with zero attached hydrogens (tertiary/aromatic N) is 3. The van der Waals surface area contributed by atoms with Gasteiger partial charge in [-0.05, 0) is 30.3 Å². The minimum Gasteiger partial charge on any atom is -0.362 e. The first-order valence-electron chi connectivity index (χ1n) is 7.81. The number of hydrogen-bond acceptors (Lipinski definition) is 5. The fraction of sp³-hybridized carbons (Fsp3) is 0.294.